The van der Waals surface area contributed by atoms with Gasteiger partial charge in [0.25, 0.3) is 5.91 Å². The van der Waals surface area contributed by atoms with E-state index < -0.39 is 12.2 Å². The molecular weight excluding hydrogens is 290 g/mol. The molecule has 4 atom stereocenters. The smallest absolute Gasteiger partial charge is 0.254 e. The molecule has 0 unspecified atom stereocenters. The highest BCUT2D eigenvalue weighted by atomic mass is 16.5. The first-order valence-electron chi connectivity index (χ1n) is 8.93. The van der Waals surface area contributed by atoms with E-state index in [-0.39, 0.29) is 18.1 Å². The van der Waals surface area contributed by atoms with Crippen molar-refractivity contribution in [3.05, 3.63) is 35.9 Å². The van der Waals surface area contributed by atoms with Crippen LogP contribution in [0.1, 0.15) is 50.2 Å². The molecule has 1 N–H and O–H groups in total. The Morgan fingerprint density at radius 2 is 1.83 bits per heavy atom. The number of carbonyl (C=O) groups is 1. The Morgan fingerprint density at radius 1 is 1.09 bits per heavy atom. The summed E-state index contributed by atoms with van der Waals surface area (Å²) in [5.41, 5.74) is 0.894. The zero-order chi connectivity index (χ0) is 15.8. The first-order valence-corrected chi connectivity index (χ1v) is 8.93. The van der Waals surface area contributed by atoms with Gasteiger partial charge in [-0.1, -0.05) is 43.2 Å². The number of amides is 1. The minimum Gasteiger partial charge on any atom is -0.380 e. The molecule has 23 heavy (non-hydrogen) atoms. The number of rotatable bonds is 3. The molecule has 1 amide bonds. The molecule has 4 heteroatoms. The molecule has 0 radical (unpaired) electrons. The highest BCUT2D eigenvalue weighted by Crippen LogP contribution is 2.38. The Kier molecular flexibility index (Phi) is 4.12. The van der Waals surface area contributed by atoms with E-state index >= 15 is 0 Å². The molecule has 124 valence electrons. The van der Waals surface area contributed by atoms with Crippen LogP contribution in [0, 0.1) is 5.92 Å². The summed E-state index contributed by atoms with van der Waals surface area (Å²) >= 11 is 0. The molecule has 1 saturated heterocycles. The van der Waals surface area contributed by atoms with Gasteiger partial charge in [0.1, 0.15) is 6.10 Å². The predicted octanol–water partition coefficient (Wildman–Crippen LogP) is 2.67. The van der Waals surface area contributed by atoms with Gasteiger partial charge in [-0.2, -0.15) is 0 Å². The summed E-state index contributed by atoms with van der Waals surface area (Å²) in [6.07, 6.45) is 5.09. The maximum Gasteiger partial charge on any atom is 0.254 e. The van der Waals surface area contributed by atoms with E-state index in [9.17, 15) is 9.90 Å². The Bertz CT molecular complexity index is 557. The number of aliphatic hydroxyl groups is 1. The van der Waals surface area contributed by atoms with E-state index in [2.05, 4.69) is 0 Å². The standard InChI is InChI=1S/C19H25NO3/c21-17-18(14-6-2-1-3-7-14)23-16-9-5-4-8-15(16)20(19(17)22)12-13-10-11-13/h1-3,6-7,13,15-18,21H,4-5,8-12H2/t15-,16-,17+,18+/m0/s1. The normalized spacial score (nSPS) is 34.8. The highest BCUT2D eigenvalue weighted by Gasteiger charge is 2.45. The summed E-state index contributed by atoms with van der Waals surface area (Å²) < 4.78 is 6.30. The molecule has 3 fully saturated rings. The zero-order valence-electron chi connectivity index (χ0n) is 13.4. The fourth-order valence-electron chi connectivity index (χ4n) is 4.03. The Morgan fingerprint density at radius 3 is 2.57 bits per heavy atom. The molecule has 1 heterocycles. The number of nitrogens with zero attached hydrogens (tertiary/aromatic N) is 1. The molecule has 1 aliphatic heterocycles. The van der Waals surface area contributed by atoms with Crippen molar-refractivity contribution < 1.29 is 14.6 Å². The SMILES string of the molecule is O=C1[C@H](O)[C@@H](c2ccccc2)O[C@H]2CCCC[C@@H]2N1CC1CC1. The average Bonchev–Trinajstić information content (AvgIpc) is 3.42. The van der Waals surface area contributed by atoms with E-state index in [1.807, 2.05) is 35.2 Å². The van der Waals surface area contributed by atoms with Crippen molar-refractivity contribution in [2.75, 3.05) is 6.54 Å². The summed E-state index contributed by atoms with van der Waals surface area (Å²) in [7, 11) is 0. The first kappa shape index (κ1) is 15.2. The van der Waals surface area contributed by atoms with Gasteiger partial charge in [-0.05, 0) is 37.2 Å². The molecule has 2 aliphatic carbocycles. The van der Waals surface area contributed by atoms with E-state index in [0.717, 1.165) is 37.8 Å². The minimum absolute atomic E-state index is 0.0498. The molecule has 4 rings (SSSR count). The second-order valence-corrected chi connectivity index (χ2v) is 7.24. The number of fused-ring (bicyclic) bond motifs is 1. The average molecular weight is 315 g/mol. The van der Waals surface area contributed by atoms with Crippen LogP contribution in [0.4, 0.5) is 0 Å². The molecule has 0 spiro atoms. The van der Waals surface area contributed by atoms with Crippen molar-refractivity contribution >= 4 is 5.91 Å². The number of ether oxygens (including phenoxy) is 1. The van der Waals surface area contributed by atoms with Crippen LogP contribution in [0.15, 0.2) is 30.3 Å². The van der Waals surface area contributed by atoms with Crippen LogP contribution in [0.25, 0.3) is 0 Å². The number of hydrogen-bond donors (Lipinski definition) is 1. The predicted molar refractivity (Wildman–Crippen MR) is 86.8 cm³/mol. The van der Waals surface area contributed by atoms with Crippen LogP contribution >= 0.6 is 0 Å². The monoisotopic (exact) mass is 315 g/mol. The second-order valence-electron chi connectivity index (χ2n) is 7.24. The van der Waals surface area contributed by atoms with E-state index in [1.165, 1.54) is 12.8 Å². The van der Waals surface area contributed by atoms with Gasteiger partial charge in [0.15, 0.2) is 6.10 Å². The lowest BCUT2D eigenvalue weighted by atomic mass is 9.91. The second kappa shape index (κ2) is 6.25. The number of carbonyl (C=O) groups excluding carboxylic acids is 1. The molecule has 0 bridgehead atoms. The number of aliphatic hydroxyl groups excluding tert-OH is 1. The maximum absolute atomic E-state index is 12.9. The van der Waals surface area contributed by atoms with Crippen molar-refractivity contribution in [1.82, 2.24) is 4.90 Å². The Balaban J connectivity index is 1.65. The van der Waals surface area contributed by atoms with Crippen LogP contribution in [0.3, 0.4) is 0 Å². The third-order valence-corrected chi connectivity index (χ3v) is 5.49. The van der Waals surface area contributed by atoms with Crippen LogP contribution in [0.5, 0.6) is 0 Å². The van der Waals surface area contributed by atoms with Crippen molar-refractivity contribution in [2.24, 2.45) is 5.92 Å². The summed E-state index contributed by atoms with van der Waals surface area (Å²) in [6.45, 7) is 0.794. The lowest BCUT2D eigenvalue weighted by molar-refractivity contribution is -0.144. The van der Waals surface area contributed by atoms with Gasteiger partial charge in [0.2, 0.25) is 0 Å². The van der Waals surface area contributed by atoms with Gasteiger partial charge in [-0.25, -0.2) is 0 Å². The third-order valence-electron chi connectivity index (χ3n) is 5.49. The van der Waals surface area contributed by atoms with Crippen molar-refractivity contribution in [3.63, 3.8) is 0 Å². The maximum atomic E-state index is 12.9. The van der Waals surface area contributed by atoms with Crippen molar-refractivity contribution in [3.8, 4) is 0 Å². The molecule has 0 aromatic heterocycles. The summed E-state index contributed by atoms with van der Waals surface area (Å²) in [4.78, 5) is 14.9. The van der Waals surface area contributed by atoms with E-state index in [1.54, 1.807) is 0 Å². The molecule has 2 saturated carbocycles. The Hall–Kier alpha value is -1.39. The summed E-state index contributed by atoms with van der Waals surface area (Å²) in [6, 6.07) is 9.82. The lowest BCUT2D eigenvalue weighted by Crippen LogP contribution is -2.50. The third kappa shape index (κ3) is 3.02. The Labute approximate surface area is 137 Å². The van der Waals surface area contributed by atoms with Crippen LogP contribution < -0.4 is 0 Å². The zero-order valence-corrected chi connectivity index (χ0v) is 13.4. The highest BCUT2D eigenvalue weighted by molar-refractivity contribution is 5.82. The van der Waals surface area contributed by atoms with Gasteiger partial charge >= 0.3 is 0 Å². The largest absolute Gasteiger partial charge is 0.380 e. The van der Waals surface area contributed by atoms with E-state index in [4.69, 9.17) is 4.74 Å². The van der Waals surface area contributed by atoms with Gasteiger partial charge in [0.05, 0.1) is 12.1 Å². The van der Waals surface area contributed by atoms with Gasteiger partial charge in [-0.15, -0.1) is 0 Å². The fraction of sp³-hybridized carbons (Fsp3) is 0.632. The van der Waals surface area contributed by atoms with Crippen molar-refractivity contribution in [2.45, 2.75) is 62.9 Å². The molecule has 4 nitrogen and oxygen atoms in total. The summed E-state index contributed by atoms with van der Waals surface area (Å²) in [5, 5.41) is 10.7. The van der Waals surface area contributed by atoms with Crippen LogP contribution in [0.2, 0.25) is 0 Å². The first-order chi connectivity index (χ1) is 11.2. The van der Waals surface area contributed by atoms with Crippen molar-refractivity contribution in [1.29, 1.82) is 0 Å². The topological polar surface area (TPSA) is 49.8 Å². The number of benzene rings is 1. The molecule has 3 aliphatic rings. The van der Waals surface area contributed by atoms with Gasteiger partial charge in [-0.3, -0.25) is 4.79 Å². The molecular formula is C19H25NO3. The minimum atomic E-state index is -1.10. The van der Waals surface area contributed by atoms with Gasteiger partial charge in [0, 0.05) is 6.54 Å². The van der Waals surface area contributed by atoms with Crippen LogP contribution in [-0.2, 0) is 9.53 Å². The van der Waals surface area contributed by atoms with Crippen LogP contribution in [-0.4, -0.2) is 40.7 Å². The summed E-state index contributed by atoms with van der Waals surface area (Å²) in [5.74, 6) is 0.488. The van der Waals surface area contributed by atoms with Gasteiger partial charge < -0.3 is 14.7 Å². The molecule has 1 aromatic carbocycles. The lowest BCUT2D eigenvalue weighted by Gasteiger charge is -2.37. The fourth-order valence-corrected chi connectivity index (χ4v) is 4.03. The number of hydrogen-bond acceptors (Lipinski definition) is 3. The van der Waals surface area contributed by atoms with E-state index in [0.29, 0.717) is 5.92 Å². The quantitative estimate of drug-likeness (QED) is 0.933. The molecule has 1 aromatic rings.